The highest BCUT2D eigenvalue weighted by Crippen LogP contribution is 2.28. The van der Waals surface area contributed by atoms with Gasteiger partial charge in [0.1, 0.15) is 5.78 Å². The van der Waals surface area contributed by atoms with E-state index in [1.54, 1.807) is 0 Å². The first-order chi connectivity index (χ1) is 7.07. The summed E-state index contributed by atoms with van der Waals surface area (Å²) in [5, 5.41) is 3.52. The van der Waals surface area contributed by atoms with E-state index in [0.29, 0.717) is 18.6 Å². The molecule has 1 fully saturated rings. The predicted molar refractivity (Wildman–Crippen MR) is 60.6 cm³/mol. The standard InChI is InChI=1S/C13H17NO/c1-13(2)9-11(15)8-12(14-13)10-6-4-3-5-7-10/h3-7,12,14H,8-9H2,1-2H3/t12-/m1/s1. The maximum Gasteiger partial charge on any atom is 0.136 e. The zero-order valence-corrected chi connectivity index (χ0v) is 9.29. The van der Waals surface area contributed by atoms with E-state index in [9.17, 15) is 4.79 Å². The highest BCUT2D eigenvalue weighted by Gasteiger charge is 2.32. The summed E-state index contributed by atoms with van der Waals surface area (Å²) in [6.07, 6.45) is 1.25. The third-order valence-electron chi connectivity index (χ3n) is 2.84. The van der Waals surface area contributed by atoms with Gasteiger partial charge in [-0.05, 0) is 19.4 Å². The molecule has 1 aliphatic rings. The highest BCUT2D eigenvalue weighted by molar-refractivity contribution is 5.81. The van der Waals surface area contributed by atoms with Crippen LogP contribution in [0, 0.1) is 0 Å². The molecular weight excluding hydrogens is 186 g/mol. The van der Waals surface area contributed by atoms with Gasteiger partial charge in [-0.2, -0.15) is 0 Å². The third kappa shape index (κ3) is 2.45. The number of benzene rings is 1. The molecule has 15 heavy (non-hydrogen) atoms. The van der Waals surface area contributed by atoms with Crippen molar-refractivity contribution in [1.29, 1.82) is 0 Å². The zero-order valence-electron chi connectivity index (χ0n) is 9.29. The zero-order chi connectivity index (χ0) is 10.9. The second-order valence-corrected chi connectivity index (χ2v) is 4.91. The molecule has 2 rings (SSSR count). The van der Waals surface area contributed by atoms with Crippen molar-refractivity contribution in [1.82, 2.24) is 5.32 Å². The van der Waals surface area contributed by atoms with Crippen molar-refractivity contribution in [3.8, 4) is 0 Å². The summed E-state index contributed by atoms with van der Waals surface area (Å²) in [7, 11) is 0. The van der Waals surface area contributed by atoms with Crippen LogP contribution in [0.5, 0.6) is 0 Å². The van der Waals surface area contributed by atoms with Crippen molar-refractivity contribution in [2.75, 3.05) is 0 Å². The van der Waals surface area contributed by atoms with Crippen LogP contribution in [0.1, 0.15) is 38.3 Å². The van der Waals surface area contributed by atoms with Crippen LogP contribution < -0.4 is 5.32 Å². The summed E-state index contributed by atoms with van der Waals surface area (Å²) in [5.74, 6) is 0.354. The van der Waals surface area contributed by atoms with Gasteiger partial charge in [0.05, 0.1) is 0 Å². The smallest absolute Gasteiger partial charge is 0.136 e. The van der Waals surface area contributed by atoms with Gasteiger partial charge in [0.2, 0.25) is 0 Å². The molecule has 1 aromatic carbocycles. The van der Waals surface area contributed by atoms with Crippen molar-refractivity contribution >= 4 is 5.78 Å². The number of carbonyl (C=O) groups is 1. The van der Waals surface area contributed by atoms with Crippen molar-refractivity contribution in [3.63, 3.8) is 0 Å². The van der Waals surface area contributed by atoms with Gasteiger partial charge in [-0.25, -0.2) is 0 Å². The fraction of sp³-hybridized carbons (Fsp3) is 0.462. The number of hydrogen-bond acceptors (Lipinski definition) is 2. The van der Waals surface area contributed by atoms with E-state index in [1.807, 2.05) is 18.2 Å². The van der Waals surface area contributed by atoms with E-state index in [0.717, 1.165) is 0 Å². The Labute approximate surface area is 90.7 Å². The molecule has 1 heterocycles. The molecule has 0 unspecified atom stereocenters. The van der Waals surface area contributed by atoms with Gasteiger partial charge in [0.15, 0.2) is 0 Å². The van der Waals surface area contributed by atoms with Crippen LogP contribution in [-0.2, 0) is 4.79 Å². The number of ketones is 1. The van der Waals surface area contributed by atoms with Crippen LogP contribution in [-0.4, -0.2) is 11.3 Å². The Morgan fingerprint density at radius 3 is 2.53 bits per heavy atom. The SMILES string of the molecule is CC1(C)CC(=O)C[C@H](c2ccccc2)N1. The van der Waals surface area contributed by atoms with E-state index in [-0.39, 0.29) is 11.6 Å². The first-order valence-electron chi connectivity index (χ1n) is 5.41. The summed E-state index contributed by atoms with van der Waals surface area (Å²) in [6, 6.07) is 10.4. The molecule has 1 aromatic rings. The van der Waals surface area contributed by atoms with Crippen molar-refractivity contribution in [2.24, 2.45) is 0 Å². The van der Waals surface area contributed by atoms with Gasteiger partial charge < -0.3 is 5.32 Å². The van der Waals surface area contributed by atoms with Crippen LogP contribution >= 0.6 is 0 Å². The van der Waals surface area contributed by atoms with E-state index >= 15 is 0 Å². The highest BCUT2D eigenvalue weighted by atomic mass is 16.1. The second kappa shape index (κ2) is 3.78. The molecule has 1 saturated heterocycles. The molecule has 2 heteroatoms. The number of nitrogens with one attached hydrogen (secondary N) is 1. The number of piperidine rings is 1. The average Bonchev–Trinajstić information content (AvgIpc) is 2.16. The maximum atomic E-state index is 11.6. The lowest BCUT2D eigenvalue weighted by molar-refractivity contribution is -0.122. The molecule has 1 aliphatic heterocycles. The minimum atomic E-state index is -0.0736. The Morgan fingerprint density at radius 2 is 1.93 bits per heavy atom. The lowest BCUT2D eigenvalue weighted by Crippen LogP contribution is -2.48. The van der Waals surface area contributed by atoms with Crippen molar-refractivity contribution in [3.05, 3.63) is 35.9 Å². The number of hydrogen-bond donors (Lipinski definition) is 1. The van der Waals surface area contributed by atoms with Gasteiger partial charge in [0, 0.05) is 24.4 Å². The molecule has 0 aliphatic carbocycles. The summed E-state index contributed by atoms with van der Waals surface area (Å²) < 4.78 is 0. The predicted octanol–water partition coefficient (Wildman–Crippen LogP) is 2.46. The van der Waals surface area contributed by atoms with Crippen LogP contribution in [0.25, 0.3) is 0 Å². The normalized spacial score (nSPS) is 25.2. The first-order valence-corrected chi connectivity index (χ1v) is 5.41. The molecule has 0 bridgehead atoms. The Kier molecular flexibility index (Phi) is 2.61. The monoisotopic (exact) mass is 203 g/mol. The molecular formula is C13H17NO. The van der Waals surface area contributed by atoms with E-state index in [4.69, 9.17) is 0 Å². The summed E-state index contributed by atoms with van der Waals surface area (Å²) >= 11 is 0. The average molecular weight is 203 g/mol. The lowest BCUT2D eigenvalue weighted by atomic mass is 9.86. The molecule has 0 amide bonds. The van der Waals surface area contributed by atoms with Gasteiger partial charge in [-0.3, -0.25) is 4.79 Å². The van der Waals surface area contributed by atoms with Gasteiger partial charge in [0.25, 0.3) is 0 Å². The lowest BCUT2D eigenvalue weighted by Gasteiger charge is -2.36. The summed E-state index contributed by atoms with van der Waals surface area (Å²) in [5.41, 5.74) is 1.13. The topological polar surface area (TPSA) is 29.1 Å². The van der Waals surface area contributed by atoms with Crippen LogP contribution in [0.3, 0.4) is 0 Å². The molecule has 0 spiro atoms. The molecule has 2 nitrogen and oxygen atoms in total. The second-order valence-electron chi connectivity index (χ2n) is 4.91. The van der Waals surface area contributed by atoms with Gasteiger partial charge >= 0.3 is 0 Å². The number of Topliss-reactive ketones (excluding diaryl/α,β-unsaturated/α-hetero) is 1. The largest absolute Gasteiger partial charge is 0.304 e. The minimum Gasteiger partial charge on any atom is -0.304 e. The van der Waals surface area contributed by atoms with Crippen LogP contribution in [0.2, 0.25) is 0 Å². The Morgan fingerprint density at radius 1 is 1.27 bits per heavy atom. The van der Waals surface area contributed by atoms with Crippen molar-refractivity contribution in [2.45, 2.75) is 38.3 Å². The molecule has 0 radical (unpaired) electrons. The minimum absolute atomic E-state index is 0.0736. The molecule has 1 atom stereocenters. The van der Waals surface area contributed by atoms with Crippen LogP contribution in [0.4, 0.5) is 0 Å². The Hall–Kier alpha value is -1.15. The Bertz CT molecular complexity index is 356. The van der Waals surface area contributed by atoms with E-state index in [2.05, 4.69) is 31.3 Å². The quantitative estimate of drug-likeness (QED) is 0.759. The third-order valence-corrected chi connectivity index (χ3v) is 2.84. The van der Waals surface area contributed by atoms with E-state index in [1.165, 1.54) is 5.56 Å². The summed E-state index contributed by atoms with van der Waals surface area (Å²) in [6.45, 7) is 4.17. The summed E-state index contributed by atoms with van der Waals surface area (Å²) in [4.78, 5) is 11.6. The molecule has 1 N–H and O–H groups in total. The first kappa shape index (κ1) is 10.4. The fourth-order valence-corrected chi connectivity index (χ4v) is 2.25. The van der Waals surface area contributed by atoms with E-state index < -0.39 is 0 Å². The Balaban J connectivity index is 2.20. The maximum absolute atomic E-state index is 11.6. The van der Waals surface area contributed by atoms with Crippen LogP contribution in [0.15, 0.2) is 30.3 Å². The van der Waals surface area contributed by atoms with Crippen molar-refractivity contribution < 1.29 is 4.79 Å². The molecule has 80 valence electrons. The fourth-order valence-electron chi connectivity index (χ4n) is 2.25. The number of rotatable bonds is 1. The number of carbonyl (C=O) groups excluding carboxylic acids is 1. The van der Waals surface area contributed by atoms with Gasteiger partial charge in [-0.15, -0.1) is 0 Å². The molecule has 0 saturated carbocycles. The van der Waals surface area contributed by atoms with Gasteiger partial charge in [-0.1, -0.05) is 30.3 Å². The molecule has 0 aromatic heterocycles.